The Balaban J connectivity index is 3.69. The third-order valence-electron chi connectivity index (χ3n) is 7.92. The molecule has 0 fully saturated rings. The first-order valence-corrected chi connectivity index (χ1v) is 16.8. The minimum Gasteiger partial charge on any atom is -0.394 e. The van der Waals surface area contributed by atoms with Gasteiger partial charge in [-0.25, -0.2) is 0 Å². The number of amides is 1. The van der Waals surface area contributed by atoms with Crippen LogP contribution < -0.4 is 5.32 Å². The number of hydrogen-bond donors (Lipinski definition) is 4. The van der Waals surface area contributed by atoms with E-state index < -0.39 is 18.2 Å². The molecule has 0 aromatic carbocycles. The van der Waals surface area contributed by atoms with E-state index in [9.17, 15) is 20.1 Å². The molecule has 228 valence electrons. The van der Waals surface area contributed by atoms with E-state index in [4.69, 9.17) is 0 Å². The zero-order chi connectivity index (χ0) is 28.1. The van der Waals surface area contributed by atoms with Gasteiger partial charge >= 0.3 is 0 Å². The largest absolute Gasteiger partial charge is 0.394 e. The molecule has 0 bridgehead atoms. The van der Waals surface area contributed by atoms with Gasteiger partial charge in [-0.05, 0) is 12.8 Å². The number of hydrogen-bond acceptors (Lipinski definition) is 4. The van der Waals surface area contributed by atoms with Crippen LogP contribution in [0.5, 0.6) is 0 Å². The fourth-order valence-corrected chi connectivity index (χ4v) is 5.29. The van der Waals surface area contributed by atoms with Gasteiger partial charge in [0.2, 0.25) is 5.91 Å². The minimum absolute atomic E-state index is 0.0414. The Morgan fingerprint density at radius 2 is 0.895 bits per heavy atom. The number of unbranched alkanes of at least 4 members (excludes halogenated alkanes) is 21. The third kappa shape index (κ3) is 25.6. The topological polar surface area (TPSA) is 89.8 Å². The highest BCUT2D eigenvalue weighted by Crippen LogP contribution is 2.15. The van der Waals surface area contributed by atoms with Crippen molar-refractivity contribution < 1.29 is 20.1 Å². The Labute approximate surface area is 237 Å². The molecule has 1 amide bonds. The maximum absolute atomic E-state index is 12.3. The van der Waals surface area contributed by atoms with Crippen LogP contribution in [0.1, 0.15) is 181 Å². The Bertz CT molecular complexity index is 488. The molecule has 0 aromatic rings. The maximum atomic E-state index is 12.3. The van der Waals surface area contributed by atoms with Crippen LogP contribution in [-0.4, -0.2) is 46.1 Å². The van der Waals surface area contributed by atoms with Crippen LogP contribution in [0.3, 0.4) is 0 Å². The first-order valence-electron chi connectivity index (χ1n) is 16.8. The molecular formula is C33H67NO4. The summed E-state index contributed by atoms with van der Waals surface area (Å²) < 4.78 is 0. The summed E-state index contributed by atoms with van der Waals surface area (Å²) in [6, 6.07) is -0.649. The Morgan fingerprint density at radius 3 is 1.26 bits per heavy atom. The van der Waals surface area contributed by atoms with Crippen molar-refractivity contribution in [2.24, 2.45) is 0 Å². The van der Waals surface area contributed by atoms with E-state index in [0.29, 0.717) is 12.8 Å². The molecule has 0 heterocycles. The molecule has 0 aliphatic carbocycles. The third-order valence-corrected chi connectivity index (χ3v) is 7.92. The number of aliphatic hydroxyl groups is 3. The van der Waals surface area contributed by atoms with Crippen molar-refractivity contribution in [3.8, 4) is 0 Å². The molecule has 5 heteroatoms. The van der Waals surface area contributed by atoms with Gasteiger partial charge in [0, 0.05) is 0 Å². The standard InChI is InChI=1S/C33H67NO4/c1-3-5-7-9-11-13-15-17-18-20-22-24-26-30(36)28-33(38)34-31(29-35)32(37)27-25-23-21-19-16-14-12-10-8-6-4-2/h30-32,35-37H,3-29H2,1-2H3,(H,34,38). The highest BCUT2D eigenvalue weighted by atomic mass is 16.3. The van der Waals surface area contributed by atoms with E-state index >= 15 is 0 Å². The van der Waals surface area contributed by atoms with Gasteiger partial charge in [0.05, 0.1) is 31.3 Å². The van der Waals surface area contributed by atoms with Gasteiger partial charge in [0.1, 0.15) is 0 Å². The Morgan fingerprint density at radius 1 is 0.553 bits per heavy atom. The van der Waals surface area contributed by atoms with Crippen LogP contribution in [0.25, 0.3) is 0 Å². The van der Waals surface area contributed by atoms with Gasteiger partial charge in [-0.3, -0.25) is 4.79 Å². The second-order valence-electron chi connectivity index (χ2n) is 11.8. The van der Waals surface area contributed by atoms with Crippen molar-refractivity contribution in [2.45, 2.75) is 199 Å². The van der Waals surface area contributed by atoms with E-state index in [1.54, 1.807) is 0 Å². The molecule has 38 heavy (non-hydrogen) atoms. The van der Waals surface area contributed by atoms with Crippen LogP contribution >= 0.6 is 0 Å². The molecule has 4 N–H and O–H groups in total. The van der Waals surface area contributed by atoms with Crippen LogP contribution in [0, 0.1) is 0 Å². The van der Waals surface area contributed by atoms with Gasteiger partial charge in [-0.2, -0.15) is 0 Å². The quantitative estimate of drug-likeness (QED) is 0.0688. The first-order chi connectivity index (χ1) is 18.5. The van der Waals surface area contributed by atoms with E-state index in [1.165, 1.54) is 122 Å². The summed E-state index contributed by atoms with van der Waals surface area (Å²) in [5, 5.41) is 33.0. The number of aliphatic hydroxyl groups excluding tert-OH is 3. The fraction of sp³-hybridized carbons (Fsp3) is 0.970. The lowest BCUT2D eigenvalue weighted by Gasteiger charge is -2.23. The van der Waals surface area contributed by atoms with Crippen LogP contribution in [0.15, 0.2) is 0 Å². The summed E-state index contributed by atoms with van der Waals surface area (Å²) >= 11 is 0. The fourth-order valence-electron chi connectivity index (χ4n) is 5.29. The van der Waals surface area contributed by atoms with Gasteiger partial charge in [-0.1, -0.05) is 162 Å². The van der Waals surface area contributed by atoms with Crippen molar-refractivity contribution in [3.05, 3.63) is 0 Å². The summed E-state index contributed by atoms with van der Waals surface area (Å²) in [4.78, 5) is 12.3. The van der Waals surface area contributed by atoms with Gasteiger partial charge in [0.15, 0.2) is 0 Å². The van der Waals surface area contributed by atoms with Gasteiger partial charge < -0.3 is 20.6 Å². The molecule has 0 saturated heterocycles. The van der Waals surface area contributed by atoms with E-state index in [0.717, 1.165) is 25.7 Å². The van der Waals surface area contributed by atoms with Crippen LogP contribution in [-0.2, 0) is 4.79 Å². The smallest absolute Gasteiger partial charge is 0.222 e. The molecule has 0 aliphatic rings. The normalized spacial score (nSPS) is 13.9. The average molecular weight is 542 g/mol. The van der Waals surface area contributed by atoms with Crippen LogP contribution in [0.4, 0.5) is 0 Å². The molecule has 3 atom stereocenters. The predicted octanol–water partition coefficient (Wildman–Crippen LogP) is 8.37. The summed E-state index contributed by atoms with van der Waals surface area (Å²) in [7, 11) is 0. The molecule has 0 spiro atoms. The summed E-state index contributed by atoms with van der Waals surface area (Å²) in [6.45, 7) is 4.23. The summed E-state index contributed by atoms with van der Waals surface area (Å²) in [5.74, 6) is -0.284. The zero-order valence-electron chi connectivity index (χ0n) is 25.6. The van der Waals surface area contributed by atoms with Gasteiger partial charge in [0.25, 0.3) is 0 Å². The van der Waals surface area contributed by atoms with Crippen molar-refractivity contribution in [2.75, 3.05) is 6.61 Å². The van der Waals surface area contributed by atoms with E-state index in [-0.39, 0.29) is 18.9 Å². The molecule has 0 saturated carbocycles. The maximum Gasteiger partial charge on any atom is 0.222 e. The summed E-state index contributed by atoms with van der Waals surface area (Å²) in [6.07, 6.45) is 29.0. The lowest BCUT2D eigenvalue weighted by molar-refractivity contribution is -0.125. The molecular weight excluding hydrogens is 474 g/mol. The van der Waals surface area contributed by atoms with Crippen molar-refractivity contribution >= 4 is 5.91 Å². The first kappa shape index (κ1) is 37.4. The second-order valence-corrected chi connectivity index (χ2v) is 11.8. The number of carbonyl (C=O) groups excluding carboxylic acids is 1. The predicted molar refractivity (Wildman–Crippen MR) is 162 cm³/mol. The lowest BCUT2D eigenvalue weighted by atomic mass is 10.0. The molecule has 0 rings (SSSR count). The highest BCUT2D eigenvalue weighted by Gasteiger charge is 2.21. The Kier molecular flexibility index (Phi) is 28.8. The van der Waals surface area contributed by atoms with Crippen molar-refractivity contribution in [3.63, 3.8) is 0 Å². The number of nitrogens with one attached hydrogen (secondary N) is 1. The molecule has 5 nitrogen and oxygen atoms in total. The highest BCUT2D eigenvalue weighted by molar-refractivity contribution is 5.76. The van der Waals surface area contributed by atoms with E-state index in [1.807, 2.05) is 0 Å². The molecule has 3 unspecified atom stereocenters. The minimum atomic E-state index is -0.740. The van der Waals surface area contributed by atoms with Crippen LogP contribution in [0.2, 0.25) is 0 Å². The molecule has 0 radical (unpaired) electrons. The second kappa shape index (κ2) is 29.3. The SMILES string of the molecule is CCCCCCCCCCCCCCC(O)CC(=O)NC(CO)C(O)CCCCCCCCCCCCC. The average Bonchev–Trinajstić information content (AvgIpc) is 2.90. The van der Waals surface area contributed by atoms with Crippen molar-refractivity contribution in [1.29, 1.82) is 0 Å². The van der Waals surface area contributed by atoms with E-state index in [2.05, 4.69) is 19.2 Å². The monoisotopic (exact) mass is 542 g/mol. The molecule has 0 aromatic heterocycles. The summed E-state index contributed by atoms with van der Waals surface area (Å²) in [5.41, 5.74) is 0. The van der Waals surface area contributed by atoms with Gasteiger partial charge in [-0.15, -0.1) is 0 Å². The van der Waals surface area contributed by atoms with Crippen molar-refractivity contribution in [1.82, 2.24) is 5.32 Å². The number of carbonyl (C=O) groups is 1. The molecule has 0 aliphatic heterocycles. The zero-order valence-corrected chi connectivity index (χ0v) is 25.6. The Hall–Kier alpha value is -0.650. The number of rotatable bonds is 30. The lowest BCUT2D eigenvalue weighted by Crippen LogP contribution is -2.46.